The van der Waals surface area contributed by atoms with Crippen LogP contribution in [-0.2, 0) is 9.59 Å². The smallest absolute Gasteiger partial charge is 0.264 e. The number of anilines is 1. The molecule has 2 rings (SSSR count). The number of nitrogens with two attached hydrogens (primary N) is 1. The molecule has 2 N–H and O–H groups in total. The fourth-order valence-electron chi connectivity index (χ4n) is 2.06. The highest BCUT2D eigenvalue weighted by molar-refractivity contribution is 6.43. The van der Waals surface area contributed by atoms with E-state index in [0.29, 0.717) is 5.69 Å². The Hall–Kier alpha value is -1.95. The fraction of sp³-hybridized carbons (Fsp3) is 0.176. The molecular weight excluding hydrogens is 387 g/mol. The molecular formula is C17H15Cl3N2O3. The number of ether oxygens (including phenoxy) is 1. The van der Waals surface area contributed by atoms with E-state index >= 15 is 0 Å². The maximum Gasteiger partial charge on any atom is 0.264 e. The van der Waals surface area contributed by atoms with Gasteiger partial charge >= 0.3 is 0 Å². The summed E-state index contributed by atoms with van der Waals surface area (Å²) in [5, 5.41) is 0.797. The van der Waals surface area contributed by atoms with Crippen molar-refractivity contribution in [3.8, 4) is 5.75 Å². The Bertz CT molecular complexity index is 769. The minimum atomic E-state index is -0.498. The van der Waals surface area contributed by atoms with Gasteiger partial charge < -0.3 is 15.4 Å². The van der Waals surface area contributed by atoms with Gasteiger partial charge in [0.05, 0.1) is 15.1 Å². The zero-order valence-electron chi connectivity index (χ0n) is 13.0. The number of hydrogen-bond donors (Lipinski definition) is 1. The number of primary amides is 1. The Kier molecular flexibility index (Phi) is 6.93. The van der Waals surface area contributed by atoms with Crippen LogP contribution in [0.4, 0.5) is 5.69 Å². The summed E-state index contributed by atoms with van der Waals surface area (Å²) in [6, 6.07) is 11.8. The van der Waals surface area contributed by atoms with Crippen molar-refractivity contribution < 1.29 is 14.3 Å². The highest BCUT2D eigenvalue weighted by atomic mass is 35.5. The number of benzene rings is 2. The summed E-state index contributed by atoms with van der Waals surface area (Å²) in [4.78, 5) is 25.0. The molecule has 0 saturated carbocycles. The molecule has 0 aliphatic carbocycles. The van der Waals surface area contributed by atoms with E-state index in [9.17, 15) is 9.59 Å². The highest BCUT2D eigenvalue weighted by Gasteiger charge is 2.18. The summed E-state index contributed by atoms with van der Waals surface area (Å²) in [6.07, 6.45) is 0.0359. The molecule has 0 heterocycles. The van der Waals surface area contributed by atoms with Gasteiger partial charge in [0.2, 0.25) is 5.91 Å². The van der Waals surface area contributed by atoms with Crippen molar-refractivity contribution in [3.63, 3.8) is 0 Å². The molecule has 0 saturated heterocycles. The fourth-order valence-corrected chi connectivity index (χ4v) is 2.65. The maximum absolute atomic E-state index is 12.5. The molecule has 2 amide bonds. The van der Waals surface area contributed by atoms with Gasteiger partial charge in [-0.1, -0.05) is 53.0 Å². The van der Waals surface area contributed by atoms with Gasteiger partial charge in [-0.25, -0.2) is 0 Å². The van der Waals surface area contributed by atoms with Gasteiger partial charge in [0.1, 0.15) is 5.75 Å². The van der Waals surface area contributed by atoms with Crippen molar-refractivity contribution in [2.24, 2.45) is 5.73 Å². The molecule has 0 radical (unpaired) electrons. The van der Waals surface area contributed by atoms with Crippen LogP contribution in [0, 0.1) is 0 Å². The first-order chi connectivity index (χ1) is 11.9. The number of para-hydroxylation sites is 1. The van der Waals surface area contributed by atoms with Crippen LogP contribution in [0.15, 0.2) is 42.5 Å². The summed E-state index contributed by atoms with van der Waals surface area (Å²) in [6.45, 7) is -0.137. The van der Waals surface area contributed by atoms with Crippen LogP contribution in [0.5, 0.6) is 5.75 Å². The second kappa shape index (κ2) is 8.94. The van der Waals surface area contributed by atoms with Crippen LogP contribution < -0.4 is 15.4 Å². The number of carbonyl (C=O) groups is 2. The predicted molar refractivity (Wildman–Crippen MR) is 99.6 cm³/mol. The first-order valence-electron chi connectivity index (χ1n) is 7.29. The summed E-state index contributed by atoms with van der Waals surface area (Å²) in [5.41, 5.74) is 5.82. The molecule has 0 atom stereocenters. The predicted octanol–water partition coefficient (Wildman–Crippen LogP) is 3.93. The van der Waals surface area contributed by atoms with E-state index in [-0.39, 0.29) is 46.3 Å². The average molecular weight is 402 g/mol. The Morgan fingerprint density at radius 3 is 2.28 bits per heavy atom. The van der Waals surface area contributed by atoms with Gasteiger partial charge in [-0.15, -0.1) is 0 Å². The Morgan fingerprint density at radius 2 is 1.64 bits per heavy atom. The van der Waals surface area contributed by atoms with E-state index in [1.54, 1.807) is 24.3 Å². The highest BCUT2D eigenvalue weighted by Crippen LogP contribution is 2.33. The maximum atomic E-state index is 12.5. The molecule has 0 fully saturated rings. The van der Waals surface area contributed by atoms with Crippen LogP contribution in [0.3, 0.4) is 0 Å². The first-order valence-corrected chi connectivity index (χ1v) is 8.43. The SMILES string of the molecule is NC(=O)CCN(C(=O)COc1cc(Cl)c(Cl)cc1Cl)c1ccccc1. The van der Waals surface area contributed by atoms with E-state index < -0.39 is 5.91 Å². The van der Waals surface area contributed by atoms with Crippen LogP contribution >= 0.6 is 34.8 Å². The molecule has 132 valence electrons. The number of hydrogen-bond acceptors (Lipinski definition) is 3. The second-order valence-corrected chi connectivity index (χ2v) is 6.30. The minimum absolute atomic E-state index is 0.0359. The molecule has 2 aromatic rings. The lowest BCUT2D eigenvalue weighted by Gasteiger charge is -2.22. The van der Waals surface area contributed by atoms with Crippen LogP contribution in [0.1, 0.15) is 6.42 Å². The van der Waals surface area contributed by atoms with Crippen molar-refractivity contribution in [1.82, 2.24) is 0 Å². The Morgan fingerprint density at radius 1 is 1.00 bits per heavy atom. The molecule has 0 unspecified atom stereocenters. The topological polar surface area (TPSA) is 72.6 Å². The van der Waals surface area contributed by atoms with E-state index in [0.717, 1.165) is 0 Å². The van der Waals surface area contributed by atoms with E-state index in [1.165, 1.54) is 17.0 Å². The van der Waals surface area contributed by atoms with Crippen LogP contribution in [0.2, 0.25) is 15.1 Å². The Labute approximate surface area is 160 Å². The number of nitrogens with zero attached hydrogens (tertiary/aromatic N) is 1. The zero-order valence-corrected chi connectivity index (χ0v) is 15.3. The number of amides is 2. The quantitative estimate of drug-likeness (QED) is 0.714. The Balaban J connectivity index is 2.11. The number of halogens is 3. The zero-order chi connectivity index (χ0) is 18.4. The van der Waals surface area contributed by atoms with Crippen LogP contribution in [-0.4, -0.2) is 25.0 Å². The lowest BCUT2D eigenvalue weighted by molar-refractivity contribution is -0.120. The third kappa shape index (κ3) is 5.53. The van der Waals surface area contributed by atoms with Gasteiger partial charge in [-0.2, -0.15) is 0 Å². The van der Waals surface area contributed by atoms with E-state index in [2.05, 4.69) is 0 Å². The molecule has 2 aromatic carbocycles. The lowest BCUT2D eigenvalue weighted by atomic mass is 10.2. The molecule has 0 bridgehead atoms. The van der Waals surface area contributed by atoms with Crippen molar-refractivity contribution in [2.75, 3.05) is 18.1 Å². The van der Waals surface area contributed by atoms with E-state index in [1.807, 2.05) is 6.07 Å². The van der Waals surface area contributed by atoms with Gasteiger partial charge in [-0.05, 0) is 18.2 Å². The second-order valence-electron chi connectivity index (χ2n) is 5.08. The van der Waals surface area contributed by atoms with Gasteiger partial charge in [0.25, 0.3) is 5.91 Å². The van der Waals surface area contributed by atoms with Crippen molar-refractivity contribution >= 4 is 52.3 Å². The summed E-state index contributed by atoms with van der Waals surface area (Å²) < 4.78 is 5.46. The third-order valence-electron chi connectivity index (χ3n) is 3.28. The van der Waals surface area contributed by atoms with Gasteiger partial charge in [0.15, 0.2) is 6.61 Å². The van der Waals surface area contributed by atoms with Gasteiger partial charge in [-0.3, -0.25) is 9.59 Å². The molecule has 0 aliphatic heterocycles. The molecule has 0 aromatic heterocycles. The summed E-state index contributed by atoms with van der Waals surface area (Å²) in [5.74, 6) is -0.607. The lowest BCUT2D eigenvalue weighted by Crippen LogP contribution is -2.37. The normalized spacial score (nSPS) is 10.4. The summed E-state index contributed by atoms with van der Waals surface area (Å²) >= 11 is 17.8. The molecule has 0 aliphatic rings. The van der Waals surface area contributed by atoms with E-state index in [4.69, 9.17) is 45.3 Å². The third-order valence-corrected chi connectivity index (χ3v) is 4.29. The van der Waals surface area contributed by atoms with Crippen molar-refractivity contribution in [3.05, 3.63) is 57.5 Å². The molecule has 8 heteroatoms. The minimum Gasteiger partial charge on any atom is -0.482 e. The monoisotopic (exact) mass is 400 g/mol. The molecule has 5 nitrogen and oxygen atoms in total. The average Bonchev–Trinajstić information content (AvgIpc) is 2.58. The van der Waals surface area contributed by atoms with Crippen molar-refractivity contribution in [2.45, 2.75) is 6.42 Å². The van der Waals surface area contributed by atoms with Crippen molar-refractivity contribution in [1.29, 1.82) is 0 Å². The number of rotatable bonds is 7. The standard InChI is InChI=1S/C17H15Cl3N2O3/c18-12-8-14(20)15(9-13(12)19)25-10-17(24)22(7-6-16(21)23)11-4-2-1-3-5-11/h1-5,8-9H,6-7,10H2,(H2,21,23). The molecule has 25 heavy (non-hydrogen) atoms. The molecule has 0 spiro atoms. The largest absolute Gasteiger partial charge is 0.482 e. The summed E-state index contributed by atoms with van der Waals surface area (Å²) in [7, 11) is 0. The number of carbonyl (C=O) groups excluding carboxylic acids is 2. The first kappa shape index (κ1) is 19.4. The van der Waals surface area contributed by atoms with Gasteiger partial charge in [0, 0.05) is 24.7 Å². The van der Waals surface area contributed by atoms with Crippen LogP contribution in [0.25, 0.3) is 0 Å².